The van der Waals surface area contributed by atoms with Crippen LogP contribution in [0.3, 0.4) is 0 Å². The normalized spacial score (nSPS) is 12.1. The van der Waals surface area contributed by atoms with E-state index in [0.717, 1.165) is 28.6 Å². The largest absolute Gasteiger partial charge is 0.492 e. The molecule has 0 aliphatic rings. The van der Waals surface area contributed by atoms with Gasteiger partial charge in [0.2, 0.25) is 0 Å². The molecule has 1 heterocycles. The van der Waals surface area contributed by atoms with E-state index >= 15 is 0 Å². The van der Waals surface area contributed by atoms with Gasteiger partial charge in [-0.1, -0.05) is 55.5 Å². The highest BCUT2D eigenvalue weighted by Crippen LogP contribution is 2.35. The first kappa shape index (κ1) is 19.0. The second-order valence-electron chi connectivity index (χ2n) is 6.91. The van der Waals surface area contributed by atoms with E-state index in [0.29, 0.717) is 13.2 Å². The summed E-state index contributed by atoms with van der Waals surface area (Å²) >= 11 is 0. The number of benzene rings is 3. The van der Waals surface area contributed by atoms with Crippen LogP contribution in [0.2, 0.25) is 0 Å². The number of rotatable bonds is 7. The minimum absolute atomic E-state index is 0.506. The first-order valence-corrected chi connectivity index (χ1v) is 9.95. The van der Waals surface area contributed by atoms with E-state index in [1.165, 1.54) is 22.3 Å². The molecule has 146 valence electrons. The maximum absolute atomic E-state index is 5.66. The van der Waals surface area contributed by atoms with E-state index in [4.69, 9.17) is 10.5 Å². The van der Waals surface area contributed by atoms with Gasteiger partial charge in [0, 0.05) is 11.9 Å². The molecule has 29 heavy (non-hydrogen) atoms. The van der Waals surface area contributed by atoms with E-state index < -0.39 is 0 Å². The fourth-order valence-corrected chi connectivity index (χ4v) is 3.67. The first-order valence-electron chi connectivity index (χ1n) is 9.95. The van der Waals surface area contributed by atoms with Crippen LogP contribution < -0.4 is 10.5 Å². The molecule has 0 fully saturated rings. The molecule has 4 rings (SSSR count). The number of nitrogens with zero attached hydrogens (tertiary/aromatic N) is 1. The Morgan fingerprint density at radius 3 is 2.41 bits per heavy atom. The molecule has 0 spiro atoms. The topological polar surface area (TPSA) is 63.9 Å². The second-order valence-corrected chi connectivity index (χ2v) is 6.91. The minimum Gasteiger partial charge on any atom is -0.492 e. The molecular weight excluding hydrogens is 358 g/mol. The minimum atomic E-state index is 0.506. The lowest BCUT2D eigenvalue weighted by atomic mass is 9.88. The summed E-state index contributed by atoms with van der Waals surface area (Å²) in [6, 6.07) is 25.3. The molecule has 0 unspecified atom stereocenters. The smallest absolute Gasteiger partial charge is 0.119 e. The molecule has 0 amide bonds. The van der Waals surface area contributed by atoms with Gasteiger partial charge in [-0.15, -0.1) is 0 Å². The Hall–Kier alpha value is -3.37. The molecule has 4 aromatic rings. The average Bonchev–Trinajstić information content (AvgIpc) is 3.25. The lowest BCUT2D eigenvalue weighted by molar-refractivity contribution is 0.328. The maximum Gasteiger partial charge on any atom is 0.119 e. The third-order valence-corrected chi connectivity index (χ3v) is 5.04. The number of aromatic nitrogens is 2. The summed E-state index contributed by atoms with van der Waals surface area (Å²) in [7, 11) is 0. The highest BCUT2D eigenvalue weighted by Gasteiger charge is 2.14. The van der Waals surface area contributed by atoms with Crippen LogP contribution in [-0.4, -0.2) is 23.3 Å². The number of hydrogen-bond acceptors (Lipinski definition) is 3. The fourth-order valence-electron chi connectivity index (χ4n) is 3.67. The van der Waals surface area contributed by atoms with E-state index in [2.05, 4.69) is 77.8 Å². The number of hydrogen-bond donors (Lipinski definition) is 2. The monoisotopic (exact) mass is 383 g/mol. The van der Waals surface area contributed by atoms with Crippen molar-refractivity contribution in [3.05, 3.63) is 95.7 Å². The number of ether oxygens (including phenoxy) is 1. The van der Waals surface area contributed by atoms with Gasteiger partial charge in [0.05, 0.1) is 11.7 Å². The van der Waals surface area contributed by atoms with Gasteiger partial charge in [0.1, 0.15) is 12.4 Å². The zero-order valence-corrected chi connectivity index (χ0v) is 16.6. The lowest BCUT2D eigenvalue weighted by Gasteiger charge is -2.17. The fraction of sp³-hybridized carbons (Fsp3) is 0.160. The molecule has 0 radical (unpaired) electrons. The molecule has 0 saturated carbocycles. The van der Waals surface area contributed by atoms with Crippen molar-refractivity contribution in [1.82, 2.24) is 10.2 Å². The Kier molecular flexibility index (Phi) is 5.73. The lowest BCUT2D eigenvalue weighted by Crippen LogP contribution is -2.10. The van der Waals surface area contributed by atoms with Gasteiger partial charge in [-0.25, -0.2) is 0 Å². The Balaban J connectivity index is 1.88. The predicted molar refractivity (Wildman–Crippen MR) is 120 cm³/mol. The number of nitrogens with two attached hydrogens (primary N) is 1. The number of H-pyrrole nitrogens is 1. The van der Waals surface area contributed by atoms with E-state index in [9.17, 15) is 0 Å². The maximum atomic E-state index is 5.66. The van der Waals surface area contributed by atoms with Gasteiger partial charge < -0.3 is 10.5 Å². The number of allylic oxidation sites excluding steroid dienone is 1. The molecule has 0 aliphatic carbocycles. The van der Waals surface area contributed by atoms with E-state index in [1.54, 1.807) is 0 Å². The standard InChI is InChI=1S/C25H25N3O/c1-2-23(18-6-4-3-5-7-18)25(19-8-11-22(12-9-19)29-15-14-26)20-10-13-24-21(16-20)17-27-28-24/h3-13,16-17H,2,14-15,26H2,1H3,(H,27,28)/b25-23+. The van der Waals surface area contributed by atoms with Crippen LogP contribution in [0.1, 0.15) is 30.0 Å². The van der Waals surface area contributed by atoms with Crippen molar-refractivity contribution in [2.75, 3.05) is 13.2 Å². The summed E-state index contributed by atoms with van der Waals surface area (Å²) in [4.78, 5) is 0. The predicted octanol–water partition coefficient (Wildman–Crippen LogP) is 5.27. The first-order chi connectivity index (χ1) is 14.3. The van der Waals surface area contributed by atoms with Crippen LogP contribution in [0.5, 0.6) is 5.75 Å². The highest BCUT2D eigenvalue weighted by molar-refractivity contribution is 6.00. The van der Waals surface area contributed by atoms with Crippen molar-refractivity contribution in [3.63, 3.8) is 0 Å². The third kappa shape index (κ3) is 4.08. The molecule has 3 N–H and O–H groups in total. The van der Waals surface area contributed by atoms with Crippen molar-refractivity contribution in [3.8, 4) is 5.75 Å². The zero-order chi connectivity index (χ0) is 20.1. The number of aromatic amines is 1. The SMILES string of the molecule is CC/C(=C(/c1ccc(OCCN)cc1)c1ccc2[nH]ncc2c1)c1ccccc1. The zero-order valence-electron chi connectivity index (χ0n) is 16.6. The van der Waals surface area contributed by atoms with Gasteiger partial charge in [0.15, 0.2) is 0 Å². The molecule has 3 aromatic carbocycles. The van der Waals surface area contributed by atoms with Crippen molar-refractivity contribution < 1.29 is 4.74 Å². The summed E-state index contributed by atoms with van der Waals surface area (Å²) in [5.74, 6) is 0.835. The van der Waals surface area contributed by atoms with Crippen molar-refractivity contribution >= 4 is 22.0 Å². The third-order valence-electron chi connectivity index (χ3n) is 5.04. The van der Waals surface area contributed by atoms with Crippen LogP contribution in [0.15, 0.2) is 79.0 Å². The number of fused-ring (bicyclic) bond motifs is 1. The quantitative estimate of drug-likeness (QED) is 0.427. The van der Waals surface area contributed by atoms with Crippen molar-refractivity contribution in [2.24, 2.45) is 5.73 Å². The molecular formula is C25H25N3O. The van der Waals surface area contributed by atoms with Crippen LogP contribution in [-0.2, 0) is 0 Å². The second kappa shape index (κ2) is 8.76. The van der Waals surface area contributed by atoms with E-state index in [-0.39, 0.29) is 0 Å². The summed E-state index contributed by atoms with van der Waals surface area (Å²) < 4.78 is 5.66. The molecule has 4 nitrogen and oxygen atoms in total. The molecule has 4 heteroatoms. The van der Waals surface area contributed by atoms with Crippen molar-refractivity contribution in [1.29, 1.82) is 0 Å². The Labute approximate surface area is 171 Å². The highest BCUT2D eigenvalue weighted by atomic mass is 16.5. The summed E-state index contributed by atoms with van der Waals surface area (Å²) in [6.45, 7) is 3.23. The van der Waals surface area contributed by atoms with Crippen LogP contribution >= 0.6 is 0 Å². The van der Waals surface area contributed by atoms with Gasteiger partial charge in [-0.3, -0.25) is 5.10 Å². The van der Waals surface area contributed by atoms with Gasteiger partial charge in [-0.05, 0) is 58.5 Å². The average molecular weight is 383 g/mol. The van der Waals surface area contributed by atoms with Crippen LogP contribution in [0, 0.1) is 0 Å². The summed E-state index contributed by atoms with van der Waals surface area (Å²) in [6.07, 6.45) is 2.79. The molecule has 0 atom stereocenters. The van der Waals surface area contributed by atoms with E-state index in [1.807, 2.05) is 18.3 Å². The Morgan fingerprint density at radius 1 is 0.931 bits per heavy atom. The number of nitrogens with one attached hydrogen (secondary N) is 1. The van der Waals surface area contributed by atoms with Crippen molar-refractivity contribution in [2.45, 2.75) is 13.3 Å². The molecule has 0 aliphatic heterocycles. The van der Waals surface area contributed by atoms with Gasteiger partial charge in [-0.2, -0.15) is 5.10 Å². The molecule has 1 aromatic heterocycles. The van der Waals surface area contributed by atoms with Crippen LogP contribution in [0.25, 0.3) is 22.0 Å². The summed E-state index contributed by atoms with van der Waals surface area (Å²) in [5.41, 5.74) is 12.7. The van der Waals surface area contributed by atoms with Gasteiger partial charge >= 0.3 is 0 Å². The molecule has 0 saturated heterocycles. The molecule has 0 bridgehead atoms. The summed E-state index contributed by atoms with van der Waals surface area (Å²) in [5, 5.41) is 8.31. The van der Waals surface area contributed by atoms with Crippen LogP contribution in [0.4, 0.5) is 0 Å². The Bertz CT molecular complexity index is 1110. The van der Waals surface area contributed by atoms with Gasteiger partial charge in [0.25, 0.3) is 0 Å². The Morgan fingerprint density at radius 2 is 1.69 bits per heavy atom.